The number of nitrogens with one attached hydrogen (secondary N) is 1. The van der Waals surface area contributed by atoms with Gasteiger partial charge in [0, 0.05) is 29.6 Å². The number of rotatable bonds is 8. The van der Waals surface area contributed by atoms with Gasteiger partial charge in [0.05, 0.1) is 11.9 Å². The highest BCUT2D eigenvalue weighted by Gasteiger charge is 2.17. The molecule has 32 heavy (non-hydrogen) atoms. The first-order valence-corrected chi connectivity index (χ1v) is 11.4. The van der Waals surface area contributed by atoms with Crippen molar-refractivity contribution >= 4 is 35.0 Å². The molecule has 0 saturated carbocycles. The summed E-state index contributed by atoms with van der Waals surface area (Å²) in [6, 6.07) is 15.6. The third-order valence-corrected chi connectivity index (χ3v) is 6.23. The van der Waals surface area contributed by atoms with E-state index in [2.05, 4.69) is 37.6 Å². The van der Waals surface area contributed by atoms with Gasteiger partial charge in [-0.15, -0.1) is 10.2 Å². The summed E-state index contributed by atoms with van der Waals surface area (Å²) in [6.07, 6.45) is 5.70. The molecule has 0 atom stereocenters. The van der Waals surface area contributed by atoms with Gasteiger partial charge in [0.25, 0.3) is 0 Å². The molecule has 7 nitrogen and oxygen atoms in total. The fourth-order valence-corrected chi connectivity index (χ4v) is 4.08. The van der Waals surface area contributed by atoms with Crippen molar-refractivity contribution in [3.05, 3.63) is 83.3 Å². The van der Waals surface area contributed by atoms with Gasteiger partial charge in [-0.25, -0.2) is 4.98 Å². The van der Waals surface area contributed by atoms with Gasteiger partial charge >= 0.3 is 0 Å². The van der Waals surface area contributed by atoms with Crippen molar-refractivity contribution in [1.82, 2.24) is 24.7 Å². The molecule has 0 aliphatic carbocycles. The second-order valence-corrected chi connectivity index (χ2v) is 8.38. The van der Waals surface area contributed by atoms with E-state index < -0.39 is 0 Å². The lowest BCUT2D eigenvalue weighted by molar-refractivity contribution is -0.113. The van der Waals surface area contributed by atoms with Crippen LogP contribution in [0.2, 0.25) is 5.02 Å². The summed E-state index contributed by atoms with van der Waals surface area (Å²) < 4.78 is 1.99. The Kier molecular flexibility index (Phi) is 7.14. The van der Waals surface area contributed by atoms with E-state index in [0.29, 0.717) is 33.9 Å². The molecule has 0 spiro atoms. The molecule has 1 N–H and O–H groups in total. The van der Waals surface area contributed by atoms with Crippen LogP contribution >= 0.6 is 23.4 Å². The zero-order chi connectivity index (χ0) is 22.3. The second-order valence-electron chi connectivity index (χ2n) is 7.03. The number of hydrogen-bond acceptors (Lipinski definition) is 6. The number of aromatic nitrogens is 5. The number of carbonyl (C=O) groups excluding carboxylic acids is 1. The summed E-state index contributed by atoms with van der Waals surface area (Å²) in [6.45, 7) is 2.53. The van der Waals surface area contributed by atoms with Gasteiger partial charge < -0.3 is 9.88 Å². The first-order valence-electron chi connectivity index (χ1n) is 10.0. The van der Waals surface area contributed by atoms with Gasteiger partial charge in [0.15, 0.2) is 11.0 Å². The molecule has 0 fully saturated rings. The Morgan fingerprint density at radius 1 is 1.09 bits per heavy atom. The molecule has 162 valence electrons. The Morgan fingerprint density at radius 2 is 1.94 bits per heavy atom. The van der Waals surface area contributed by atoms with Gasteiger partial charge in [-0.1, -0.05) is 59.8 Å². The van der Waals surface area contributed by atoms with Crippen LogP contribution in [-0.2, 0) is 17.8 Å². The summed E-state index contributed by atoms with van der Waals surface area (Å²) in [5, 5.41) is 12.8. The highest BCUT2D eigenvalue weighted by atomic mass is 35.5. The van der Waals surface area contributed by atoms with Crippen LogP contribution in [0.1, 0.15) is 11.1 Å². The van der Waals surface area contributed by atoms with Crippen molar-refractivity contribution in [2.24, 2.45) is 0 Å². The lowest BCUT2D eigenvalue weighted by atomic mass is 10.1. The molecule has 4 aromatic rings. The highest BCUT2D eigenvalue weighted by Crippen LogP contribution is 2.25. The van der Waals surface area contributed by atoms with Gasteiger partial charge in [-0.3, -0.25) is 9.78 Å². The van der Waals surface area contributed by atoms with Crippen molar-refractivity contribution in [3.63, 3.8) is 0 Å². The third kappa shape index (κ3) is 5.33. The molecule has 9 heteroatoms. The Hall–Kier alpha value is -3.23. The minimum absolute atomic E-state index is 0.140. The van der Waals surface area contributed by atoms with Crippen LogP contribution in [0.3, 0.4) is 0 Å². The average molecular weight is 465 g/mol. The van der Waals surface area contributed by atoms with Crippen LogP contribution in [0.25, 0.3) is 11.5 Å². The summed E-state index contributed by atoms with van der Waals surface area (Å²) in [7, 11) is 0. The minimum atomic E-state index is -0.140. The fourth-order valence-electron chi connectivity index (χ4n) is 3.15. The number of anilines is 1. The zero-order valence-electron chi connectivity index (χ0n) is 17.4. The van der Waals surface area contributed by atoms with Crippen molar-refractivity contribution in [1.29, 1.82) is 0 Å². The van der Waals surface area contributed by atoms with Crippen molar-refractivity contribution in [2.45, 2.75) is 25.0 Å². The predicted molar refractivity (Wildman–Crippen MR) is 127 cm³/mol. The number of benzene rings is 2. The lowest BCUT2D eigenvalue weighted by Crippen LogP contribution is -2.15. The molecule has 1 amide bonds. The minimum Gasteiger partial charge on any atom is -0.325 e. The second kappa shape index (κ2) is 10.4. The van der Waals surface area contributed by atoms with Crippen molar-refractivity contribution in [2.75, 3.05) is 11.1 Å². The molecule has 0 saturated heterocycles. The fraction of sp³-hybridized carbons (Fsp3) is 0.174. The smallest absolute Gasteiger partial charge is 0.234 e. The van der Waals surface area contributed by atoms with Crippen LogP contribution in [0, 0.1) is 6.92 Å². The standard InChI is InChI=1S/C23H21ClN6OS/c1-16-18(24)8-5-9-19(16)27-21(31)15-32-23-29-28-22(20-14-25-11-12-26-20)30(23)13-10-17-6-3-2-4-7-17/h2-9,11-12,14H,10,13,15H2,1H3,(H,27,31). The first kappa shape index (κ1) is 22.0. The Bertz CT molecular complexity index is 1200. The largest absolute Gasteiger partial charge is 0.325 e. The molecule has 2 heterocycles. The maximum Gasteiger partial charge on any atom is 0.234 e. The molecule has 0 unspecified atom stereocenters. The van der Waals surface area contributed by atoms with E-state index in [-0.39, 0.29) is 11.7 Å². The molecule has 0 bridgehead atoms. The SMILES string of the molecule is Cc1c(Cl)cccc1NC(=O)CSc1nnc(-c2cnccn2)n1CCc1ccccc1. The van der Waals surface area contributed by atoms with Gasteiger partial charge in [0.1, 0.15) is 5.69 Å². The summed E-state index contributed by atoms with van der Waals surface area (Å²) in [4.78, 5) is 21.1. The molecular formula is C23H21ClN6OS. The maximum absolute atomic E-state index is 12.6. The third-order valence-electron chi connectivity index (χ3n) is 4.85. The van der Waals surface area contributed by atoms with Gasteiger partial charge in [0.2, 0.25) is 5.91 Å². The van der Waals surface area contributed by atoms with E-state index in [1.54, 1.807) is 24.7 Å². The summed E-state index contributed by atoms with van der Waals surface area (Å²) in [5.74, 6) is 0.678. The van der Waals surface area contributed by atoms with Crippen molar-refractivity contribution < 1.29 is 4.79 Å². The van der Waals surface area contributed by atoms with Crippen LogP contribution in [0.5, 0.6) is 0 Å². The first-order chi connectivity index (χ1) is 15.6. The van der Waals surface area contributed by atoms with Crippen LogP contribution in [-0.4, -0.2) is 36.4 Å². The number of halogens is 1. The Balaban J connectivity index is 1.50. The normalized spacial score (nSPS) is 10.8. The molecular weight excluding hydrogens is 444 g/mol. The molecule has 0 aliphatic rings. The lowest BCUT2D eigenvalue weighted by Gasteiger charge is -2.11. The molecule has 4 rings (SSSR count). The molecule has 0 aliphatic heterocycles. The van der Waals surface area contributed by atoms with E-state index in [0.717, 1.165) is 12.0 Å². The Labute approximate surface area is 195 Å². The molecule has 2 aromatic heterocycles. The number of aryl methyl sites for hydroxylation is 1. The summed E-state index contributed by atoms with van der Waals surface area (Å²) >= 11 is 7.48. The summed E-state index contributed by atoms with van der Waals surface area (Å²) in [5.41, 5.74) is 3.38. The van der Waals surface area contributed by atoms with Crippen LogP contribution < -0.4 is 5.32 Å². The Morgan fingerprint density at radius 3 is 2.72 bits per heavy atom. The van der Waals surface area contributed by atoms with E-state index in [1.807, 2.05) is 41.8 Å². The number of amides is 1. The maximum atomic E-state index is 12.6. The number of thioether (sulfide) groups is 1. The highest BCUT2D eigenvalue weighted by molar-refractivity contribution is 7.99. The van der Waals surface area contributed by atoms with Crippen LogP contribution in [0.4, 0.5) is 5.69 Å². The topological polar surface area (TPSA) is 85.6 Å². The van der Waals surface area contributed by atoms with Gasteiger partial charge in [-0.2, -0.15) is 0 Å². The average Bonchev–Trinajstić information content (AvgIpc) is 3.23. The zero-order valence-corrected chi connectivity index (χ0v) is 19.0. The number of carbonyl (C=O) groups is 1. The van der Waals surface area contributed by atoms with Crippen LogP contribution in [0.15, 0.2) is 72.3 Å². The van der Waals surface area contributed by atoms with E-state index in [9.17, 15) is 4.79 Å². The predicted octanol–water partition coefficient (Wildman–Crippen LogP) is 4.67. The van der Waals surface area contributed by atoms with Gasteiger partial charge in [-0.05, 0) is 36.6 Å². The quantitative estimate of drug-likeness (QED) is 0.381. The molecule has 0 radical (unpaired) electrons. The van der Waals surface area contributed by atoms with E-state index in [4.69, 9.17) is 11.6 Å². The number of nitrogens with zero attached hydrogens (tertiary/aromatic N) is 5. The monoisotopic (exact) mass is 464 g/mol. The van der Waals surface area contributed by atoms with Crippen molar-refractivity contribution in [3.8, 4) is 11.5 Å². The molecule has 2 aromatic carbocycles. The number of hydrogen-bond donors (Lipinski definition) is 1. The van der Waals surface area contributed by atoms with E-state index >= 15 is 0 Å². The van der Waals surface area contributed by atoms with E-state index in [1.165, 1.54) is 17.3 Å².